The highest BCUT2D eigenvalue weighted by atomic mass is 35.5. The van der Waals surface area contributed by atoms with Crippen molar-refractivity contribution >= 4 is 29.1 Å². The first-order valence-corrected chi connectivity index (χ1v) is 6.04. The van der Waals surface area contributed by atoms with Gasteiger partial charge in [-0.05, 0) is 19.1 Å². The minimum Gasteiger partial charge on any atom is -0.326 e. The number of nitrogens with one attached hydrogen (secondary N) is 1. The Morgan fingerprint density at radius 3 is 2.40 bits per heavy atom. The Balaban J connectivity index is 2.76. The monoisotopic (exact) mass is 308 g/mol. The molecule has 1 aromatic carbocycles. The second-order valence-electron chi connectivity index (χ2n) is 3.87. The topological polar surface area (TPSA) is 49.4 Å². The maximum absolute atomic E-state index is 12.3. The SMILES string of the molecule is CCN(CC(F)(F)F)C(=O)C(=O)Nc1ccccc1Cl. The number of para-hydroxylation sites is 1. The lowest BCUT2D eigenvalue weighted by Gasteiger charge is -2.21. The van der Waals surface area contributed by atoms with Gasteiger partial charge in [-0.25, -0.2) is 0 Å². The molecule has 8 heteroatoms. The fourth-order valence-electron chi connectivity index (χ4n) is 1.43. The summed E-state index contributed by atoms with van der Waals surface area (Å²) < 4.78 is 36.8. The van der Waals surface area contributed by atoms with Crippen LogP contribution < -0.4 is 5.32 Å². The average molecular weight is 309 g/mol. The van der Waals surface area contributed by atoms with Gasteiger partial charge in [0, 0.05) is 6.54 Å². The molecule has 0 heterocycles. The van der Waals surface area contributed by atoms with Gasteiger partial charge in [0.1, 0.15) is 6.54 Å². The lowest BCUT2D eigenvalue weighted by molar-refractivity contribution is -0.163. The summed E-state index contributed by atoms with van der Waals surface area (Å²) in [6.45, 7) is -0.348. The molecule has 0 aliphatic rings. The van der Waals surface area contributed by atoms with Crippen LogP contribution in [0.25, 0.3) is 0 Å². The second kappa shape index (κ2) is 6.60. The zero-order chi connectivity index (χ0) is 15.3. The van der Waals surface area contributed by atoms with Crippen molar-refractivity contribution in [2.24, 2.45) is 0 Å². The highest BCUT2D eigenvalue weighted by Gasteiger charge is 2.34. The molecule has 0 unspecified atom stereocenters. The van der Waals surface area contributed by atoms with Crippen molar-refractivity contribution < 1.29 is 22.8 Å². The molecule has 0 saturated heterocycles. The number of nitrogens with zero attached hydrogens (tertiary/aromatic N) is 1. The normalized spacial score (nSPS) is 11.1. The predicted octanol–water partition coefficient (Wildman–Crippen LogP) is 2.69. The van der Waals surface area contributed by atoms with E-state index in [0.717, 1.165) is 0 Å². The van der Waals surface area contributed by atoms with Gasteiger partial charge in [-0.2, -0.15) is 13.2 Å². The number of anilines is 1. The number of alkyl halides is 3. The van der Waals surface area contributed by atoms with E-state index in [1.165, 1.54) is 19.1 Å². The number of likely N-dealkylation sites (N-methyl/N-ethyl adjacent to an activating group) is 1. The van der Waals surface area contributed by atoms with Gasteiger partial charge in [-0.3, -0.25) is 9.59 Å². The van der Waals surface area contributed by atoms with Crippen LogP contribution in [0.4, 0.5) is 18.9 Å². The van der Waals surface area contributed by atoms with E-state index in [-0.39, 0.29) is 17.3 Å². The number of carbonyl (C=O) groups is 2. The first-order chi connectivity index (χ1) is 9.24. The molecular weight excluding hydrogens is 297 g/mol. The first kappa shape index (κ1) is 16.3. The Labute approximate surface area is 118 Å². The van der Waals surface area contributed by atoms with Crippen LogP contribution in [-0.4, -0.2) is 36.0 Å². The molecule has 1 aromatic rings. The summed E-state index contributed by atoms with van der Waals surface area (Å²) >= 11 is 5.77. The molecule has 1 rings (SSSR count). The average Bonchev–Trinajstić information content (AvgIpc) is 2.36. The zero-order valence-electron chi connectivity index (χ0n) is 10.5. The minimum absolute atomic E-state index is 0.163. The molecule has 0 bridgehead atoms. The lowest BCUT2D eigenvalue weighted by atomic mass is 10.3. The van der Waals surface area contributed by atoms with Crippen molar-refractivity contribution in [3.63, 3.8) is 0 Å². The van der Waals surface area contributed by atoms with E-state index in [1.807, 2.05) is 0 Å². The Hall–Kier alpha value is -1.76. The Morgan fingerprint density at radius 2 is 1.90 bits per heavy atom. The molecule has 0 aromatic heterocycles. The van der Waals surface area contributed by atoms with Gasteiger partial charge in [0.05, 0.1) is 10.7 Å². The largest absolute Gasteiger partial charge is 0.406 e. The Bertz CT molecular complexity index is 506. The smallest absolute Gasteiger partial charge is 0.326 e. The maximum Gasteiger partial charge on any atom is 0.406 e. The van der Waals surface area contributed by atoms with Crippen molar-refractivity contribution in [1.82, 2.24) is 4.90 Å². The summed E-state index contributed by atoms with van der Waals surface area (Å²) in [7, 11) is 0. The summed E-state index contributed by atoms with van der Waals surface area (Å²) in [6.07, 6.45) is -4.56. The van der Waals surface area contributed by atoms with Crippen LogP contribution in [-0.2, 0) is 9.59 Å². The highest BCUT2D eigenvalue weighted by molar-refractivity contribution is 6.41. The number of hydrogen-bond donors (Lipinski definition) is 1. The molecule has 0 saturated carbocycles. The number of rotatable bonds is 3. The minimum atomic E-state index is -4.56. The second-order valence-corrected chi connectivity index (χ2v) is 4.28. The van der Waals surface area contributed by atoms with Gasteiger partial charge in [0.15, 0.2) is 0 Å². The quantitative estimate of drug-likeness (QED) is 0.873. The number of benzene rings is 1. The molecular formula is C12H12ClF3N2O2. The van der Waals surface area contributed by atoms with Gasteiger partial charge in [-0.1, -0.05) is 23.7 Å². The molecule has 0 aliphatic carbocycles. The lowest BCUT2D eigenvalue weighted by Crippen LogP contribution is -2.44. The summed E-state index contributed by atoms with van der Waals surface area (Å²) in [6, 6.07) is 6.10. The molecule has 20 heavy (non-hydrogen) atoms. The van der Waals surface area contributed by atoms with E-state index in [4.69, 9.17) is 11.6 Å². The van der Waals surface area contributed by atoms with E-state index >= 15 is 0 Å². The third kappa shape index (κ3) is 4.73. The van der Waals surface area contributed by atoms with Gasteiger partial charge in [0.25, 0.3) is 0 Å². The van der Waals surface area contributed by atoms with Gasteiger partial charge in [0.2, 0.25) is 0 Å². The fourth-order valence-corrected chi connectivity index (χ4v) is 1.61. The molecule has 110 valence electrons. The van der Waals surface area contributed by atoms with Gasteiger partial charge >= 0.3 is 18.0 Å². The van der Waals surface area contributed by atoms with Crippen molar-refractivity contribution in [2.45, 2.75) is 13.1 Å². The van der Waals surface area contributed by atoms with E-state index in [2.05, 4.69) is 5.32 Å². The molecule has 2 amide bonds. The molecule has 0 aliphatic heterocycles. The van der Waals surface area contributed by atoms with Crippen LogP contribution >= 0.6 is 11.6 Å². The van der Waals surface area contributed by atoms with Crippen LogP contribution in [0.5, 0.6) is 0 Å². The van der Waals surface area contributed by atoms with E-state index in [0.29, 0.717) is 4.90 Å². The summed E-state index contributed by atoms with van der Waals surface area (Å²) in [5, 5.41) is 2.37. The number of amides is 2. The molecule has 0 spiro atoms. The third-order valence-corrected chi connectivity index (χ3v) is 2.68. The van der Waals surface area contributed by atoms with E-state index in [9.17, 15) is 22.8 Å². The summed E-state index contributed by atoms with van der Waals surface area (Å²) in [4.78, 5) is 23.7. The molecule has 0 radical (unpaired) electrons. The van der Waals surface area contributed by atoms with Crippen molar-refractivity contribution in [1.29, 1.82) is 0 Å². The van der Waals surface area contributed by atoms with Crippen LogP contribution in [0.15, 0.2) is 24.3 Å². The fraction of sp³-hybridized carbons (Fsp3) is 0.333. The van der Waals surface area contributed by atoms with Crippen LogP contribution in [0, 0.1) is 0 Å². The zero-order valence-corrected chi connectivity index (χ0v) is 11.3. The van der Waals surface area contributed by atoms with Gasteiger partial charge < -0.3 is 10.2 Å². The summed E-state index contributed by atoms with van der Waals surface area (Å²) in [5.41, 5.74) is 0.163. The standard InChI is InChI=1S/C12H12ClF3N2O2/c1-2-18(7-12(14,15)16)11(20)10(19)17-9-6-4-3-5-8(9)13/h3-6H,2,7H2,1H3,(H,17,19). The van der Waals surface area contributed by atoms with Crippen molar-refractivity contribution in [3.05, 3.63) is 29.3 Å². The number of halogens is 4. The summed E-state index contributed by atoms with van der Waals surface area (Å²) in [5.74, 6) is -2.42. The Kier molecular flexibility index (Phi) is 5.38. The number of hydrogen-bond acceptors (Lipinski definition) is 2. The van der Waals surface area contributed by atoms with Crippen LogP contribution in [0.3, 0.4) is 0 Å². The molecule has 0 atom stereocenters. The van der Waals surface area contributed by atoms with E-state index in [1.54, 1.807) is 12.1 Å². The number of carbonyl (C=O) groups excluding carboxylic acids is 2. The van der Waals surface area contributed by atoms with Crippen LogP contribution in [0.2, 0.25) is 5.02 Å². The van der Waals surface area contributed by atoms with Crippen molar-refractivity contribution in [2.75, 3.05) is 18.4 Å². The van der Waals surface area contributed by atoms with Crippen molar-refractivity contribution in [3.8, 4) is 0 Å². The highest BCUT2D eigenvalue weighted by Crippen LogP contribution is 2.21. The predicted molar refractivity (Wildman–Crippen MR) is 68.4 cm³/mol. The first-order valence-electron chi connectivity index (χ1n) is 5.66. The molecule has 0 fully saturated rings. The Morgan fingerprint density at radius 1 is 1.30 bits per heavy atom. The van der Waals surface area contributed by atoms with E-state index < -0.39 is 24.5 Å². The molecule has 4 nitrogen and oxygen atoms in total. The van der Waals surface area contributed by atoms with Crippen LogP contribution in [0.1, 0.15) is 6.92 Å². The third-order valence-electron chi connectivity index (χ3n) is 2.36. The molecule has 1 N–H and O–H groups in total. The maximum atomic E-state index is 12.3. The van der Waals surface area contributed by atoms with Gasteiger partial charge in [-0.15, -0.1) is 0 Å².